The van der Waals surface area contributed by atoms with E-state index < -0.39 is 0 Å². The third-order valence-electron chi connectivity index (χ3n) is 2.96. The van der Waals surface area contributed by atoms with Crippen molar-refractivity contribution in [3.05, 3.63) is 41.5 Å². The molecule has 1 aromatic rings. The van der Waals surface area contributed by atoms with Crippen LogP contribution < -0.4 is 37.2 Å². The van der Waals surface area contributed by atoms with Crippen LogP contribution in [0.15, 0.2) is 30.3 Å². The summed E-state index contributed by atoms with van der Waals surface area (Å²) in [6.07, 6.45) is 6.15. The summed E-state index contributed by atoms with van der Waals surface area (Å²) >= 11 is 0.344. The molecule has 20 heavy (non-hydrogen) atoms. The third kappa shape index (κ3) is 6.31. The molecule has 0 amide bonds. The molecular weight excluding hydrogens is 368 g/mol. The van der Waals surface area contributed by atoms with Gasteiger partial charge in [-0.2, -0.15) is 0 Å². The van der Waals surface area contributed by atoms with Gasteiger partial charge in [-0.3, -0.25) is 0 Å². The molecule has 1 aliphatic rings. The SMILES string of the molecule is CP(C)C[C](C)(C)[V+3][CH]1C=Cc2ccccc21.[Cl-].[Cl-].[Cl-]. The number of benzene rings is 1. The number of allylic oxidation sites excluding steroid dienone is 1. The van der Waals surface area contributed by atoms with Crippen LogP contribution in [-0.2, 0) is 16.3 Å². The molecule has 0 radical (unpaired) electrons. The first kappa shape index (κ1) is 23.1. The molecule has 1 unspecified atom stereocenters. The smallest absolute Gasteiger partial charge is 1.00 e. The molecule has 1 aromatic carbocycles. The van der Waals surface area contributed by atoms with Gasteiger partial charge in [-0.15, -0.1) is 0 Å². The van der Waals surface area contributed by atoms with E-state index in [0.29, 0.717) is 20.4 Å². The van der Waals surface area contributed by atoms with Gasteiger partial charge in [0.05, 0.1) is 0 Å². The molecule has 0 aromatic heterocycles. The summed E-state index contributed by atoms with van der Waals surface area (Å²) in [5.41, 5.74) is 3.01. The molecule has 0 nitrogen and oxygen atoms in total. The fourth-order valence-electron chi connectivity index (χ4n) is 2.53. The Bertz CT molecular complexity index is 433. The van der Waals surface area contributed by atoms with Crippen molar-refractivity contribution in [1.82, 2.24) is 0 Å². The van der Waals surface area contributed by atoms with E-state index in [4.69, 9.17) is 0 Å². The predicted molar refractivity (Wildman–Crippen MR) is 75.9 cm³/mol. The Morgan fingerprint density at radius 2 is 1.70 bits per heavy atom. The first-order valence-electron chi connectivity index (χ1n) is 6.12. The quantitative estimate of drug-likeness (QED) is 0.458. The van der Waals surface area contributed by atoms with Gasteiger partial charge in [-0.1, -0.05) is 0 Å². The van der Waals surface area contributed by atoms with Gasteiger partial charge < -0.3 is 37.2 Å². The molecule has 0 heterocycles. The van der Waals surface area contributed by atoms with Gasteiger partial charge in [0.1, 0.15) is 0 Å². The maximum absolute atomic E-state index is 2.46. The molecule has 0 saturated carbocycles. The molecular formula is C15H21Cl3PV. The van der Waals surface area contributed by atoms with E-state index in [0.717, 1.165) is 4.63 Å². The standard InChI is InChI=1S/C9H7.C6H14P.3ClH.V/c1-2-5-9-7-3-6-8(9)4-1;1-6(2)5-7(3)4;;;;/h1-7H;5H2,1-4H3;3*1H;/q;;;;;+3/p-3. The fraction of sp³-hybridized carbons (Fsp3) is 0.467. The summed E-state index contributed by atoms with van der Waals surface area (Å²) in [4.78, 5) is 0. The van der Waals surface area contributed by atoms with Crippen molar-refractivity contribution >= 4 is 14.0 Å². The second-order valence-corrected chi connectivity index (χ2v) is 11.3. The Labute approximate surface area is 150 Å². The number of halogens is 3. The van der Waals surface area contributed by atoms with Crippen molar-refractivity contribution in [2.75, 3.05) is 19.5 Å². The fourth-order valence-corrected chi connectivity index (χ4v) is 7.90. The van der Waals surface area contributed by atoms with Crippen LogP contribution in [0.4, 0.5) is 0 Å². The zero-order valence-corrected chi connectivity index (χ0v) is 16.8. The molecule has 0 N–H and O–H groups in total. The second-order valence-electron chi connectivity index (χ2n) is 5.61. The van der Waals surface area contributed by atoms with Gasteiger partial charge in [-0.25, -0.2) is 0 Å². The minimum Gasteiger partial charge on any atom is -1.00 e. The molecule has 112 valence electrons. The summed E-state index contributed by atoms with van der Waals surface area (Å²) < 4.78 is 1.28. The number of rotatable bonds is 4. The summed E-state index contributed by atoms with van der Waals surface area (Å²) in [6, 6.07) is 8.88. The molecule has 0 bridgehead atoms. The van der Waals surface area contributed by atoms with Crippen molar-refractivity contribution in [3.8, 4) is 0 Å². The summed E-state index contributed by atoms with van der Waals surface area (Å²) in [5.74, 6) is 0. The minimum atomic E-state index is 0. The van der Waals surface area contributed by atoms with E-state index in [1.54, 1.807) is 5.56 Å². The number of hydrogen-bond donors (Lipinski definition) is 0. The van der Waals surface area contributed by atoms with E-state index in [1.165, 1.54) is 11.7 Å². The maximum atomic E-state index is 2.46. The van der Waals surface area contributed by atoms with Crippen LogP contribution in [0.1, 0.15) is 29.6 Å². The van der Waals surface area contributed by atoms with E-state index in [2.05, 4.69) is 63.6 Å². The zero-order valence-electron chi connectivity index (χ0n) is 12.3. The van der Waals surface area contributed by atoms with E-state index in [-0.39, 0.29) is 45.1 Å². The molecule has 0 saturated heterocycles. The average molecular weight is 390 g/mol. The van der Waals surface area contributed by atoms with Crippen LogP contribution in [-0.4, -0.2) is 19.5 Å². The Kier molecular flexibility index (Phi) is 11.3. The Hall–Kier alpha value is 0.844. The largest absolute Gasteiger partial charge is 1.00 e. The third-order valence-corrected chi connectivity index (χ3v) is 7.26. The van der Waals surface area contributed by atoms with Crippen molar-refractivity contribution in [3.63, 3.8) is 0 Å². The molecule has 1 aliphatic carbocycles. The Balaban J connectivity index is 0. The molecule has 0 spiro atoms. The minimum absolute atomic E-state index is 0. The van der Waals surface area contributed by atoms with E-state index in [9.17, 15) is 0 Å². The number of fused-ring (bicyclic) bond motifs is 1. The van der Waals surface area contributed by atoms with Crippen molar-refractivity contribution in [1.29, 1.82) is 0 Å². The van der Waals surface area contributed by atoms with Gasteiger partial charge >= 0.3 is 114 Å². The number of hydrogen-bond acceptors (Lipinski definition) is 0. The van der Waals surface area contributed by atoms with Gasteiger partial charge in [-0.05, 0) is 0 Å². The van der Waals surface area contributed by atoms with Crippen LogP contribution in [0.2, 0.25) is 4.13 Å². The Morgan fingerprint density at radius 1 is 1.10 bits per heavy atom. The van der Waals surface area contributed by atoms with Crippen molar-refractivity contribution in [2.45, 2.75) is 22.6 Å². The van der Waals surface area contributed by atoms with Crippen LogP contribution in [0, 0.1) is 0 Å². The Morgan fingerprint density at radius 3 is 2.30 bits per heavy atom. The summed E-state index contributed by atoms with van der Waals surface area (Å²) in [6.45, 7) is 9.72. The normalized spacial score (nSPS) is 15.6. The van der Waals surface area contributed by atoms with Crippen LogP contribution in [0.25, 0.3) is 6.08 Å². The van der Waals surface area contributed by atoms with Crippen molar-refractivity contribution < 1.29 is 53.5 Å². The maximum Gasteiger partial charge on any atom is -1.00 e. The summed E-state index contributed by atoms with van der Waals surface area (Å²) in [5, 5.41) is 0. The first-order valence-corrected chi connectivity index (χ1v) is 10.0. The molecule has 1 atom stereocenters. The van der Waals surface area contributed by atoms with Crippen LogP contribution in [0.5, 0.6) is 0 Å². The zero-order chi connectivity index (χ0) is 12.5. The topological polar surface area (TPSA) is 0 Å². The van der Waals surface area contributed by atoms with Crippen LogP contribution >= 0.6 is 7.92 Å². The van der Waals surface area contributed by atoms with Crippen LogP contribution in [0.3, 0.4) is 0 Å². The molecule has 5 heteroatoms. The summed E-state index contributed by atoms with van der Waals surface area (Å²) in [7, 11) is 0.223. The molecule has 2 rings (SSSR count). The second kappa shape index (κ2) is 9.78. The average Bonchev–Trinajstić information content (AvgIpc) is 2.59. The van der Waals surface area contributed by atoms with Gasteiger partial charge in [0, 0.05) is 0 Å². The van der Waals surface area contributed by atoms with Crippen molar-refractivity contribution in [2.24, 2.45) is 0 Å². The first-order chi connectivity index (χ1) is 7.98. The predicted octanol–water partition coefficient (Wildman–Crippen LogP) is -4.21. The van der Waals surface area contributed by atoms with E-state index in [1.807, 2.05) is 0 Å². The van der Waals surface area contributed by atoms with Gasteiger partial charge in [0.15, 0.2) is 0 Å². The van der Waals surface area contributed by atoms with Gasteiger partial charge in [0.25, 0.3) is 0 Å². The monoisotopic (exact) mass is 388 g/mol. The van der Waals surface area contributed by atoms with Gasteiger partial charge in [0.2, 0.25) is 0 Å². The molecule has 0 fully saturated rings. The van der Waals surface area contributed by atoms with E-state index >= 15 is 0 Å². The molecule has 0 aliphatic heterocycles.